The Morgan fingerprint density at radius 3 is 3.00 bits per heavy atom. The van der Waals surface area contributed by atoms with Gasteiger partial charge in [-0.3, -0.25) is 4.79 Å². The van der Waals surface area contributed by atoms with Crippen LogP contribution >= 0.6 is 0 Å². The van der Waals surface area contributed by atoms with Crippen LogP contribution in [0.25, 0.3) is 0 Å². The summed E-state index contributed by atoms with van der Waals surface area (Å²) >= 11 is 0. The maximum atomic E-state index is 12.2. The summed E-state index contributed by atoms with van der Waals surface area (Å²) in [5.74, 6) is 0.0668. The molecule has 6 heteroatoms. The van der Waals surface area contributed by atoms with Crippen molar-refractivity contribution >= 4 is 5.91 Å². The van der Waals surface area contributed by atoms with Gasteiger partial charge in [0.1, 0.15) is 5.60 Å². The molecule has 1 atom stereocenters. The van der Waals surface area contributed by atoms with Gasteiger partial charge in [-0.2, -0.15) is 0 Å². The maximum Gasteiger partial charge on any atom is 0.290 e. The van der Waals surface area contributed by atoms with Crippen LogP contribution < -0.4 is 10.1 Å². The number of hydrogen-bond donors (Lipinski definition) is 1. The number of nitrogens with one attached hydrogen (secondary N) is 1. The van der Waals surface area contributed by atoms with Crippen molar-refractivity contribution in [2.45, 2.75) is 25.4 Å². The fourth-order valence-electron chi connectivity index (χ4n) is 2.95. The number of carbonyl (C=O) groups is 1. The predicted octanol–water partition coefficient (Wildman–Crippen LogP) is 2.29. The number of hydrogen-bond acceptors (Lipinski definition) is 5. The van der Waals surface area contributed by atoms with E-state index in [-0.39, 0.29) is 17.5 Å². The number of methoxy groups -OCH3 is 1. The molecule has 1 aromatic carbocycles. The Bertz CT molecular complexity index is 697. The molecule has 1 aliphatic heterocycles. The van der Waals surface area contributed by atoms with E-state index in [2.05, 4.69) is 29.5 Å². The first-order chi connectivity index (χ1) is 11.2. The van der Waals surface area contributed by atoms with Crippen molar-refractivity contribution in [3.63, 3.8) is 0 Å². The number of amides is 1. The van der Waals surface area contributed by atoms with Crippen LogP contribution in [-0.4, -0.2) is 31.3 Å². The second-order valence-electron chi connectivity index (χ2n) is 5.52. The van der Waals surface area contributed by atoms with E-state index >= 15 is 0 Å². The molecule has 122 valence electrons. The predicted molar refractivity (Wildman–Crippen MR) is 83.5 cm³/mol. The summed E-state index contributed by atoms with van der Waals surface area (Å²) < 4.78 is 16.0. The van der Waals surface area contributed by atoms with Gasteiger partial charge in [-0.25, -0.2) is 0 Å². The van der Waals surface area contributed by atoms with Crippen LogP contribution in [0.1, 0.15) is 35.0 Å². The molecule has 1 aromatic heterocycles. The number of aromatic nitrogens is 1. The van der Waals surface area contributed by atoms with E-state index in [0.29, 0.717) is 13.2 Å². The Hall–Kier alpha value is -2.34. The number of ether oxygens (including phenoxy) is 2. The Labute approximate surface area is 134 Å². The van der Waals surface area contributed by atoms with E-state index < -0.39 is 5.60 Å². The lowest BCUT2D eigenvalue weighted by molar-refractivity contribution is -0.0607. The summed E-state index contributed by atoms with van der Waals surface area (Å²) in [7, 11) is 1.47. The molecule has 3 rings (SSSR count). The van der Waals surface area contributed by atoms with Gasteiger partial charge in [0.15, 0.2) is 0 Å². The van der Waals surface area contributed by atoms with E-state index in [0.717, 1.165) is 18.4 Å². The normalized spacial score (nSPS) is 19.9. The van der Waals surface area contributed by atoms with Crippen molar-refractivity contribution in [2.24, 2.45) is 0 Å². The summed E-state index contributed by atoms with van der Waals surface area (Å²) in [5, 5.41) is 6.52. The van der Waals surface area contributed by atoms with Gasteiger partial charge >= 0.3 is 0 Å². The molecule has 0 spiro atoms. The fraction of sp³-hybridized carbons (Fsp3) is 0.412. The summed E-state index contributed by atoms with van der Waals surface area (Å²) in [4.78, 5) is 12.2. The van der Waals surface area contributed by atoms with Crippen LogP contribution in [0.3, 0.4) is 0 Å². The molecule has 0 bridgehead atoms. The van der Waals surface area contributed by atoms with Gasteiger partial charge in [0.2, 0.25) is 5.76 Å². The first-order valence-corrected chi connectivity index (χ1v) is 7.70. The summed E-state index contributed by atoms with van der Waals surface area (Å²) in [5.41, 5.74) is 1.91. The SMILES string of the molecule is CCC1(CNC(=O)c2cc(OC)no2)OCCc2ccccc21. The van der Waals surface area contributed by atoms with Crippen LogP contribution in [-0.2, 0) is 16.8 Å². The van der Waals surface area contributed by atoms with Gasteiger partial charge in [-0.05, 0) is 29.1 Å². The molecule has 1 amide bonds. The van der Waals surface area contributed by atoms with Gasteiger partial charge < -0.3 is 19.3 Å². The minimum absolute atomic E-state index is 0.122. The standard InChI is InChI=1S/C17H20N2O4/c1-3-17(13-7-5-4-6-12(13)8-9-22-17)11-18-16(20)14-10-15(21-2)19-23-14/h4-7,10H,3,8-9,11H2,1-2H3,(H,18,20). The third kappa shape index (κ3) is 2.94. The zero-order valence-electron chi connectivity index (χ0n) is 13.3. The van der Waals surface area contributed by atoms with Crippen LogP contribution in [0.2, 0.25) is 0 Å². The zero-order chi connectivity index (χ0) is 16.3. The van der Waals surface area contributed by atoms with Crippen molar-refractivity contribution in [3.8, 4) is 5.88 Å². The highest BCUT2D eigenvalue weighted by molar-refractivity contribution is 5.91. The first-order valence-electron chi connectivity index (χ1n) is 7.70. The number of benzene rings is 1. The second kappa shape index (κ2) is 6.42. The van der Waals surface area contributed by atoms with Crippen LogP contribution in [0.15, 0.2) is 34.9 Å². The van der Waals surface area contributed by atoms with E-state index in [1.54, 1.807) is 0 Å². The summed E-state index contributed by atoms with van der Waals surface area (Å²) in [6.07, 6.45) is 1.66. The molecule has 2 aromatic rings. The smallest absolute Gasteiger partial charge is 0.290 e. The lowest BCUT2D eigenvalue weighted by Crippen LogP contribution is -2.45. The largest absolute Gasteiger partial charge is 0.479 e. The minimum Gasteiger partial charge on any atom is -0.479 e. The quantitative estimate of drug-likeness (QED) is 0.916. The van der Waals surface area contributed by atoms with E-state index in [4.69, 9.17) is 14.0 Å². The average Bonchev–Trinajstić information content (AvgIpc) is 3.09. The van der Waals surface area contributed by atoms with Crippen molar-refractivity contribution in [2.75, 3.05) is 20.3 Å². The van der Waals surface area contributed by atoms with E-state index in [1.165, 1.54) is 18.7 Å². The molecule has 1 unspecified atom stereocenters. The third-order valence-electron chi connectivity index (χ3n) is 4.29. The highest BCUT2D eigenvalue weighted by Gasteiger charge is 2.36. The third-order valence-corrected chi connectivity index (χ3v) is 4.29. The number of carbonyl (C=O) groups excluding carboxylic acids is 1. The Morgan fingerprint density at radius 1 is 1.43 bits per heavy atom. The molecule has 0 radical (unpaired) electrons. The lowest BCUT2D eigenvalue weighted by Gasteiger charge is -2.38. The topological polar surface area (TPSA) is 73.6 Å². The van der Waals surface area contributed by atoms with Gasteiger partial charge in [0.25, 0.3) is 11.8 Å². The molecular formula is C17H20N2O4. The van der Waals surface area contributed by atoms with Crippen molar-refractivity contribution < 1.29 is 18.8 Å². The van der Waals surface area contributed by atoms with Crippen molar-refractivity contribution in [1.82, 2.24) is 10.5 Å². The molecule has 0 saturated carbocycles. The van der Waals surface area contributed by atoms with Gasteiger partial charge in [-0.15, -0.1) is 0 Å². The summed E-state index contributed by atoms with van der Waals surface area (Å²) in [6, 6.07) is 9.68. The molecule has 1 aliphatic rings. The molecule has 0 aliphatic carbocycles. The van der Waals surface area contributed by atoms with E-state index in [1.807, 2.05) is 12.1 Å². The molecule has 0 fully saturated rings. The molecular weight excluding hydrogens is 296 g/mol. The number of rotatable bonds is 5. The van der Waals surface area contributed by atoms with Crippen molar-refractivity contribution in [1.29, 1.82) is 0 Å². The fourth-order valence-corrected chi connectivity index (χ4v) is 2.95. The molecule has 23 heavy (non-hydrogen) atoms. The monoisotopic (exact) mass is 316 g/mol. The van der Waals surface area contributed by atoms with Gasteiger partial charge in [-0.1, -0.05) is 31.2 Å². The summed E-state index contributed by atoms with van der Waals surface area (Å²) in [6.45, 7) is 3.09. The number of fused-ring (bicyclic) bond motifs is 1. The van der Waals surface area contributed by atoms with Crippen LogP contribution in [0.5, 0.6) is 5.88 Å². The second-order valence-corrected chi connectivity index (χ2v) is 5.52. The Balaban J connectivity index is 1.77. The van der Waals surface area contributed by atoms with Gasteiger partial charge in [0, 0.05) is 0 Å². The average molecular weight is 316 g/mol. The molecule has 1 N–H and O–H groups in total. The van der Waals surface area contributed by atoms with Crippen LogP contribution in [0, 0.1) is 0 Å². The van der Waals surface area contributed by atoms with Gasteiger partial charge in [0.05, 0.1) is 26.3 Å². The Morgan fingerprint density at radius 2 is 2.26 bits per heavy atom. The van der Waals surface area contributed by atoms with E-state index in [9.17, 15) is 4.79 Å². The first kappa shape index (κ1) is 15.6. The molecule has 6 nitrogen and oxygen atoms in total. The Kier molecular flexibility index (Phi) is 4.34. The van der Waals surface area contributed by atoms with Crippen molar-refractivity contribution in [3.05, 3.63) is 47.2 Å². The molecule has 2 heterocycles. The lowest BCUT2D eigenvalue weighted by atomic mass is 9.84. The zero-order valence-corrected chi connectivity index (χ0v) is 13.3. The highest BCUT2D eigenvalue weighted by atomic mass is 16.5. The molecule has 0 saturated heterocycles. The maximum absolute atomic E-state index is 12.2. The highest BCUT2D eigenvalue weighted by Crippen LogP contribution is 2.35. The number of nitrogens with zero attached hydrogens (tertiary/aromatic N) is 1. The minimum atomic E-state index is -0.505. The van der Waals surface area contributed by atoms with Crippen LogP contribution in [0.4, 0.5) is 0 Å².